The van der Waals surface area contributed by atoms with Crippen molar-refractivity contribution in [1.29, 1.82) is 0 Å². The second-order valence-electron chi connectivity index (χ2n) is 9.49. The highest BCUT2D eigenvalue weighted by atomic mass is 19.1. The fourth-order valence-corrected chi connectivity index (χ4v) is 4.99. The second kappa shape index (κ2) is 9.80. The van der Waals surface area contributed by atoms with Gasteiger partial charge >= 0.3 is 0 Å². The fraction of sp³-hybridized carbons (Fsp3) is 0.500. The van der Waals surface area contributed by atoms with E-state index in [9.17, 15) is 14.0 Å². The van der Waals surface area contributed by atoms with E-state index in [0.29, 0.717) is 37.4 Å². The first kappa shape index (κ1) is 22.4. The summed E-state index contributed by atoms with van der Waals surface area (Å²) in [6.45, 7) is 4.71. The molecule has 2 amide bonds. The first-order valence-corrected chi connectivity index (χ1v) is 11.6. The van der Waals surface area contributed by atoms with Crippen LogP contribution in [0.25, 0.3) is 0 Å². The first-order chi connectivity index (χ1) is 15.4. The second-order valence-corrected chi connectivity index (χ2v) is 9.49. The summed E-state index contributed by atoms with van der Waals surface area (Å²) in [5.41, 5.74) is 1.07. The van der Waals surface area contributed by atoms with E-state index in [1.165, 1.54) is 6.07 Å². The molecule has 2 fully saturated rings. The Bertz CT molecular complexity index is 941. The van der Waals surface area contributed by atoms with Crippen molar-refractivity contribution < 1.29 is 14.0 Å². The van der Waals surface area contributed by atoms with Crippen molar-refractivity contribution >= 4 is 11.8 Å². The van der Waals surface area contributed by atoms with Crippen molar-refractivity contribution in [3.63, 3.8) is 0 Å². The molecule has 0 unspecified atom stereocenters. The Labute approximate surface area is 189 Å². The van der Waals surface area contributed by atoms with Gasteiger partial charge in [0.25, 0.3) is 0 Å². The molecule has 5 nitrogen and oxygen atoms in total. The van der Waals surface area contributed by atoms with Crippen LogP contribution in [0.2, 0.25) is 0 Å². The third kappa shape index (κ3) is 5.17. The molecule has 4 rings (SSSR count). The standard InChI is InChI=1S/C26H32FN3O2/c1-26(11-15-29(16-12-26)24(31)18-21-8-2-3-10-23(21)27)25(32)30-14-6-7-20(19-30)17-22-9-4-5-13-28-22/h2-5,8-10,13,20H,6-7,11-12,14-19H2,1H3/t20-/m0/s1. The number of pyridine rings is 1. The minimum Gasteiger partial charge on any atom is -0.342 e. The number of benzene rings is 1. The summed E-state index contributed by atoms with van der Waals surface area (Å²) >= 11 is 0. The predicted octanol–water partition coefficient (Wildman–Crippen LogP) is 3.87. The molecule has 0 N–H and O–H groups in total. The maximum Gasteiger partial charge on any atom is 0.228 e. The predicted molar refractivity (Wildman–Crippen MR) is 121 cm³/mol. The number of carbonyl (C=O) groups is 2. The lowest BCUT2D eigenvalue weighted by atomic mass is 9.78. The fourth-order valence-electron chi connectivity index (χ4n) is 4.99. The highest BCUT2D eigenvalue weighted by Gasteiger charge is 2.41. The van der Waals surface area contributed by atoms with E-state index in [1.54, 1.807) is 23.1 Å². The maximum atomic E-state index is 13.9. The molecule has 2 saturated heterocycles. The van der Waals surface area contributed by atoms with E-state index >= 15 is 0 Å². The van der Waals surface area contributed by atoms with Crippen molar-refractivity contribution in [3.05, 3.63) is 65.7 Å². The van der Waals surface area contributed by atoms with Gasteiger partial charge in [-0.15, -0.1) is 0 Å². The van der Waals surface area contributed by atoms with Crippen LogP contribution in [0.3, 0.4) is 0 Å². The number of amides is 2. The number of carbonyl (C=O) groups excluding carboxylic acids is 2. The average molecular weight is 438 g/mol. The summed E-state index contributed by atoms with van der Waals surface area (Å²) < 4.78 is 13.9. The molecular weight excluding hydrogens is 405 g/mol. The summed E-state index contributed by atoms with van der Waals surface area (Å²) in [6.07, 6.45) is 6.23. The lowest BCUT2D eigenvalue weighted by Gasteiger charge is -2.43. The van der Waals surface area contributed by atoms with E-state index in [1.807, 2.05) is 30.2 Å². The van der Waals surface area contributed by atoms with Crippen LogP contribution >= 0.6 is 0 Å². The summed E-state index contributed by atoms with van der Waals surface area (Å²) in [7, 11) is 0. The number of likely N-dealkylation sites (tertiary alicyclic amines) is 2. The van der Waals surface area contributed by atoms with Crippen molar-refractivity contribution in [2.75, 3.05) is 26.2 Å². The van der Waals surface area contributed by atoms with Crippen LogP contribution in [0.1, 0.15) is 43.9 Å². The molecule has 0 spiro atoms. The lowest BCUT2D eigenvalue weighted by molar-refractivity contribution is -0.148. The summed E-state index contributed by atoms with van der Waals surface area (Å²) in [5.74, 6) is 0.235. The summed E-state index contributed by atoms with van der Waals surface area (Å²) in [5, 5.41) is 0. The first-order valence-electron chi connectivity index (χ1n) is 11.6. The number of aromatic nitrogens is 1. The number of halogens is 1. The SMILES string of the molecule is CC1(C(=O)N2CCC[C@@H](Cc3ccccn3)C2)CCN(C(=O)Cc2ccccc2F)CC1. The van der Waals surface area contributed by atoms with Gasteiger partial charge in [-0.2, -0.15) is 0 Å². The largest absolute Gasteiger partial charge is 0.342 e. The molecule has 3 heterocycles. The van der Waals surface area contributed by atoms with E-state index in [4.69, 9.17) is 0 Å². The zero-order valence-electron chi connectivity index (χ0n) is 18.8. The van der Waals surface area contributed by atoms with Crippen LogP contribution in [0.4, 0.5) is 4.39 Å². The monoisotopic (exact) mass is 437 g/mol. The maximum absolute atomic E-state index is 13.9. The van der Waals surface area contributed by atoms with E-state index in [-0.39, 0.29) is 24.1 Å². The molecular formula is C26H32FN3O2. The Morgan fingerprint density at radius 1 is 1.06 bits per heavy atom. The third-order valence-corrected chi connectivity index (χ3v) is 7.07. The molecule has 170 valence electrons. The van der Waals surface area contributed by atoms with Gasteiger partial charge < -0.3 is 9.80 Å². The number of hydrogen-bond donors (Lipinski definition) is 0. The van der Waals surface area contributed by atoms with Crippen LogP contribution < -0.4 is 0 Å². The Kier molecular flexibility index (Phi) is 6.87. The molecule has 2 aliphatic heterocycles. The summed E-state index contributed by atoms with van der Waals surface area (Å²) in [4.78, 5) is 34.4. The Morgan fingerprint density at radius 3 is 2.53 bits per heavy atom. The minimum absolute atomic E-state index is 0.0681. The highest BCUT2D eigenvalue weighted by Crippen LogP contribution is 2.35. The van der Waals surface area contributed by atoms with Crippen molar-refractivity contribution in [1.82, 2.24) is 14.8 Å². The van der Waals surface area contributed by atoms with Crippen LogP contribution in [0.15, 0.2) is 48.7 Å². The third-order valence-electron chi connectivity index (χ3n) is 7.07. The van der Waals surface area contributed by atoms with Crippen molar-refractivity contribution in [2.24, 2.45) is 11.3 Å². The number of nitrogens with zero attached hydrogens (tertiary/aromatic N) is 3. The molecule has 1 aromatic carbocycles. The summed E-state index contributed by atoms with van der Waals surface area (Å²) in [6, 6.07) is 12.4. The van der Waals surface area contributed by atoms with Crippen LogP contribution in [-0.4, -0.2) is 52.8 Å². The van der Waals surface area contributed by atoms with Gasteiger partial charge in [-0.1, -0.05) is 31.2 Å². The Balaban J connectivity index is 1.31. The molecule has 2 aliphatic rings. The van der Waals surface area contributed by atoms with Crippen LogP contribution in [0.5, 0.6) is 0 Å². The van der Waals surface area contributed by atoms with Crippen molar-refractivity contribution in [3.8, 4) is 0 Å². The lowest BCUT2D eigenvalue weighted by Crippen LogP contribution is -2.52. The molecule has 32 heavy (non-hydrogen) atoms. The molecule has 2 aromatic rings. The normalized spacial score (nSPS) is 20.8. The van der Waals surface area contributed by atoms with Gasteiger partial charge in [0.1, 0.15) is 5.82 Å². The molecule has 1 atom stereocenters. The van der Waals surface area contributed by atoms with Gasteiger partial charge in [0.05, 0.1) is 6.42 Å². The van der Waals surface area contributed by atoms with E-state index < -0.39 is 5.41 Å². The molecule has 0 saturated carbocycles. The zero-order valence-corrected chi connectivity index (χ0v) is 18.8. The van der Waals surface area contributed by atoms with Gasteiger partial charge in [0.2, 0.25) is 11.8 Å². The molecule has 1 aromatic heterocycles. The van der Waals surface area contributed by atoms with Gasteiger partial charge in [0.15, 0.2) is 0 Å². The number of hydrogen-bond acceptors (Lipinski definition) is 3. The molecule has 6 heteroatoms. The number of piperidine rings is 2. The average Bonchev–Trinajstić information content (AvgIpc) is 2.81. The topological polar surface area (TPSA) is 53.5 Å². The van der Waals surface area contributed by atoms with Crippen molar-refractivity contribution in [2.45, 2.75) is 45.4 Å². The van der Waals surface area contributed by atoms with E-state index in [2.05, 4.69) is 11.1 Å². The van der Waals surface area contributed by atoms with E-state index in [0.717, 1.165) is 38.0 Å². The van der Waals surface area contributed by atoms with Crippen LogP contribution in [-0.2, 0) is 22.4 Å². The van der Waals surface area contributed by atoms with Gasteiger partial charge in [-0.05, 0) is 61.8 Å². The molecule has 0 radical (unpaired) electrons. The quantitative estimate of drug-likeness (QED) is 0.714. The number of rotatable bonds is 5. The Hall–Kier alpha value is -2.76. The zero-order chi connectivity index (χ0) is 22.6. The van der Waals surface area contributed by atoms with Gasteiger partial charge in [-0.25, -0.2) is 4.39 Å². The Morgan fingerprint density at radius 2 is 1.81 bits per heavy atom. The molecule has 0 bridgehead atoms. The smallest absolute Gasteiger partial charge is 0.228 e. The van der Waals surface area contributed by atoms with Crippen LogP contribution in [0, 0.1) is 17.2 Å². The van der Waals surface area contributed by atoms with Gasteiger partial charge in [0, 0.05) is 43.5 Å². The molecule has 0 aliphatic carbocycles. The van der Waals surface area contributed by atoms with Gasteiger partial charge in [-0.3, -0.25) is 14.6 Å². The highest BCUT2D eigenvalue weighted by molar-refractivity contribution is 5.83. The minimum atomic E-state index is -0.443.